The Morgan fingerprint density at radius 3 is 3.05 bits per heavy atom. The molecular formula is C14H17N3O2. The molecule has 0 aliphatic carbocycles. The minimum atomic E-state index is -0.210. The molecule has 5 nitrogen and oxygen atoms in total. The van der Waals surface area contributed by atoms with Gasteiger partial charge in [0.15, 0.2) is 0 Å². The van der Waals surface area contributed by atoms with Crippen LogP contribution in [0.5, 0.6) is 0 Å². The zero-order valence-corrected chi connectivity index (χ0v) is 10.6. The molecule has 0 saturated carbocycles. The van der Waals surface area contributed by atoms with Gasteiger partial charge in [-0.25, -0.2) is 0 Å². The third-order valence-electron chi connectivity index (χ3n) is 3.38. The van der Waals surface area contributed by atoms with Gasteiger partial charge in [0.05, 0.1) is 12.6 Å². The molecular weight excluding hydrogens is 242 g/mol. The summed E-state index contributed by atoms with van der Waals surface area (Å²) in [5.74, 6) is 0.829. The number of fused-ring (bicyclic) bond motifs is 1. The van der Waals surface area contributed by atoms with E-state index in [4.69, 9.17) is 10.2 Å². The number of furan rings is 1. The summed E-state index contributed by atoms with van der Waals surface area (Å²) in [5.41, 5.74) is 7.02. The van der Waals surface area contributed by atoms with Crippen LogP contribution in [-0.2, 0) is 4.79 Å². The maximum absolute atomic E-state index is 11.3. The summed E-state index contributed by atoms with van der Waals surface area (Å²) >= 11 is 0. The van der Waals surface area contributed by atoms with Crippen molar-refractivity contribution in [3.8, 4) is 0 Å². The number of piperazine rings is 1. The molecule has 3 rings (SSSR count). The normalized spacial score (nSPS) is 18.5. The molecule has 1 atom stereocenters. The summed E-state index contributed by atoms with van der Waals surface area (Å²) in [6, 6.07) is 9.62. The highest BCUT2D eigenvalue weighted by Gasteiger charge is 2.20. The molecule has 0 spiro atoms. The fraction of sp³-hybridized carbons (Fsp3) is 0.357. The summed E-state index contributed by atoms with van der Waals surface area (Å²) < 4.78 is 5.75. The first-order valence-electron chi connectivity index (χ1n) is 6.45. The van der Waals surface area contributed by atoms with Crippen LogP contribution >= 0.6 is 0 Å². The topological polar surface area (TPSA) is 71.5 Å². The number of nitrogens with zero attached hydrogens (tertiary/aromatic N) is 1. The number of amides is 1. The van der Waals surface area contributed by atoms with E-state index in [9.17, 15) is 4.79 Å². The molecule has 2 heterocycles. The van der Waals surface area contributed by atoms with Gasteiger partial charge in [-0.15, -0.1) is 0 Å². The first kappa shape index (κ1) is 12.2. The SMILES string of the molecule is NC(CN1CCNC(=O)C1)c1cc2ccccc2o1. The third kappa shape index (κ3) is 2.62. The zero-order chi connectivity index (χ0) is 13.2. The molecule has 1 fully saturated rings. The van der Waals surface area contributed by atoms with Gasteiger partial charge in [0.25, 0.3) is 0 Å². The standard InChI is InChI=1S/C14H17N3O2/c15-11(8-17-6-5-16-14(18)9-17)13-7-10-3-1-2-4-12(10)19-13/h1-4,7,11H,5-6,8-9,15H2,(H,16,18). The van der Waals surface area contributed by atoms with E-state index in [1.54, 1.807) is 0 Å². The molecule has 1 aliphatic rings. The van der Waals surface area contributed by atoms with E-state index in [-0.39, 0.29) is 11.9 Å². The van der Waals surface area contributed by atoms with Gasteiger partial charge in [-0.1, -0.05) is 18.2 Å². The molecule has 19 heavy (non-hydrogen) atoms. The second-order valence-electron chi connectivity index (χ2n) is 4.88. The van der Waals surface area contributed by atoms with Crippen LogP contribution in [0.25, 0.3) is 11.0 Å². The van der Waals surface area contributed by atoms with Gasteiger partial charge in [-0.05, 0) is 12.1 Å². The number of carbonyl (C=O) groups excluding carboxylic acids is 1. The highest BCUT2D eigenvalue weighted by Crippen LogP contribution is 2.23. The number of carbonyl (C=O) groups is 1. The largest absolute Gasteiger partial charge is 0.459 e. The van der Waals surface area contributed by atoms with Gasteiger partial charge in [0.1, 0.15) is 11.3 Å². The van der Waals surface area contributed by atoms with Gasteiger partial charge in [-0.2, -0.15) is 0 Å². The molecule has 3 N–H and O–H groups in total. The Bertz CT molecular complexity index is 560. The zero-order valence-electron chi connectivity index (χ0n) is 10.6. The van der Waals surface area contributed by atoms with Crippen LogP contribution in [-0.4, -0.2) is 37.0 Å². The molecule has 0 bridgehead atoms. The predicted octanol–water partition coefficient (Wildman–Crippen LogP) is 0.864. The lowest BCUT2D eigenvalue weighted by atomic mass is 10.2. The lowest BCUT2D eigenvalue weighted by Gasteiger charge is -2.28. The van der Waals surface area contributed by atoms with Crippen molar-refractivity contribution in [2.45, 2.75) is 6.04 Å². The molecule has 2 aromatic rings. The number of para-hydroxylation sites is 1. The van der Waals surface area contributed by atoms with Crippen molar-refractivity contribution < 1.29 is 9.21 Å². The first-order chi connectivity index (χ1) is 9.22. The highest BCUT2D eigenvalue weighted by molar-refractivity contribution is 5.79. The van der Waals surface area contributed by atoms with E-state index in [1.165, 1.54) is 0 Å². The highest BCUT2D eigenvalue weighted by atomic mass is 16.3. The van der Waals surface area contributed by atoms with E-state index in [1.807, 2.05) is 30.3 Å². The van der Waals surface area contributed by atoms with E-state index in [0.717, 1.165) is 23.3 Å². The quantitative estimate of drug-likeness (QED) is 0.857. The monoisotopic (exact) mass is 259 g/mol. The van der Waals surface area contributed by atoms with E-state index in [0.29, 0.717) is 19.6 Å². The lowest BCUT2D eigenvalue weighted by Crippen LogP contribution is -2.49. The Morgan fingerprint density at radius 2 is 2.26 bits per heavy atom. The van der Waals surface area contributed by atoms with Crippen molar-refractivity contribution in [3.63, 3.8) is 0 Å². The molecule has 1 aromatic heterocycles. The summed E-state index contributed by atoms with van der Waals surface area (Å²) in [7, 11) is 0. The smallest absolute Gasteiger partial charge is 0.234 e. The third-order valence-corrected chi connectivity index (χ3v) is 3.38. The Hall–Kier alpha value is -1.85. The Morgan fingerprint density at radius 1 is 1.42 bits per heavy atom. The van der Waals surface area contributed by atoms with Crippen molar-refractivity contribution in [2.24, 2.45) is 5.73 Å². The minimum Gasteiger partial charge on any atom is -0.459 e. The van der Waals surface area contributed by atoms with Gasteiger partial charge in [0.2, 0.25) is 5.91 Å². The molecule has 100 valence electrons. The number of hydrogen-bond acceptors (Lipinski definition) is 4. The maximum atomic E-state index is 11.3. The summed E-state index contributed by atoms with van der Waals surface area (Å²) in [6.07, 6.45) is 0. The van der Waals surface area contributed by atoms with Crippen LogP contribution in [0.2, 0.25) is 0 Å². The van der Waals surface area contributed by atoms with Crippen LogP contribution < -0.4 is 11.1 Å². The Labute approximate surface area is 111 Å². The first-order valence-corrected chi connectivity index (χ1v) is 6.45. The van der Waals surface area contributed by atoms with Crippen molar-refractivity contribution in [1.29, 1.82) is 0 Å². The average molecular weight is 259 g/mol. The maximum Gasteiger partial charge on any atom is 0.234 e. The van der Waals surface area contributed by atoms with E-state index in [2.05, 4.69) is 10.2 Å². The number of benzene rings is 1. The number of nitrogens with two attached hydrogens (primary N) is 1. The number of nitrogens with one attached hydrogen (secondary N) is 1. The molecule has 1 aliphatic heterocycles. The van der Waals surface area contributed by atoms with Crippen molar-refractivity contribution in [3.05, 3.63) is 36.1 Å². The molecule has 1 aromatic carbocycles. The fourth-order valence-corrected chi connectivity index (χ4v) is 2.40. The van der Waals surface area contributed by atoms with E-state index >= 15 is 0 Å². The van der Waals surface area contributed by atoms with E-state index < -0.39 is 0 Å². The molecule has 1 amide bonds. The van der Waals surface area contributed by atoms with Crippen molar-refractivity contribution >= 4 is 16.9 Å². The summed E-state index contributed by atoms with van der Waals surface area (Å²) in [6.45, 7) is 2.56. The molecule has 1 unspecified atom stereocenters. The number of hydrogen-bond donors (Lipinski definition) is 2. The summed E-state index contributed by atoms with van der Waals surface area (Å²) in [4.78, 5) is 13.4. The minimum absolute atomic E-state index is 0.0584. The second-order valence-corrected chi connectivity index (χ2v) is 4.88. The molecule has 0 radical (unpaired) electrons. The van der Waals surface area contributed by atoms with Gasteiger partial charge >= 0.3 is 0 Å². The van der Waals surface area contributed by atoms with Crippen molar-refractivity contribution in [2.75, 3.05) is 26.2 Å². The molecule has 5 heteroatoms. The van der Waals surface area contributed by atoms with Crippen LogP contribution in [0, 0.1) is 0 Å². The molecule has 1 saturated heterocycles. The number of rotatable bonds is 3. The predicted molar refractivity (Wildman–Crippen MR) is 72.6 cm³/mol. The Kier molecular flexibility index (Phi) is 3.23. The van der Waals surface area contributed by atoms with Gasteiger partial charge in [-0.3, -0.25) is 9.69 Å². The van der Waals surface area contributed by atoms with Crippen LogP contribution in [0.4, 0.5) is 0 Å². The van der Waals surface area contributed by atoms with Crippen LogP contribution in [0.3, 0.4) is 0 Å². The van der Waals surface area contributed by atoms with Gasteiger partial charge < -0.3 is 15.5 Å². The lowest BCUT2D eigenvalue weighted by molar-refractivity contribution is -0.124. The van der Waals surface area contributed by atoms with Crippen molar-refractivity contribution in [1.82, 2.24) is 10.2 Å². The average Bonchev–Trinajstić information content (AvgIpc) is 2.82. The van der Waals surface area contributed by atoms with Crippen LogP contribution in [0.15, 0.2) is 34.7 Å². The Balaban J connectivity index is 1.72. The van der Waals surface area contributed by atoms with Gasteiger partial charge in [0, 0.05) is 25.0 Å². The fourth-order valence-electron chi connectivity index (χ4n) is 2.40. The second kappa shape index (κ2) is 5.03. The summed E-state index contributed by atoms with van der Waals surface area (Å²) in [5, 5.41) is 3.86. The van der Waals surface area contributed by atoms with Crippen LogP contribution in [0.1, 0.15) is 11.8 Å².